The van der Waals surface area contributed by atoms with E-state index in [1.807, 2.05) is 13.8 Å². The Kier molecular flexibility index (Phi) is 5.50. The van der Waals surface area contributed by atoms with Crippen LogP contribution in [0.5, 0.6) is 0 Å². The summed E-state index contributed by atoms with van der Waals surface area (Å²) in [6.45, 7) is 7.27. The third-order valence-electron chi connectivity index (χ3n) is 3.38. The third-order valence-corrected chi connectivity index (χ3v) is 4.48. The largest absolute Gasteiger partial charge is 0.463 e. The molecule has 0 radical (unpaired) electrons. The predicted octanol–water partition coefficient (Wildman–Crippen LogP) is 2.32. The summed E-state index contributed by atoms with van der Waals surface area (Å²) in [4.78, 5) is 43.7. The minimum Gasteiger partial charge on any atom is -0.463 e. The van der Waals surface area contributed by atoms with Crippen LogP contribution >= 0.6 is 11.3 Å². The molecule has 0 aliphatic carbocycles. The molecule has 0 saturated carbocycles. The highest BCUT2D eigenvalue weighted by Gasteiger charge is 2.17. The summed E-state index contributed by atoms with van der Waals surface area (Å²) in [5.74, 6) is -1.09. The Bertz CT molecular complexity index is 865. The fraction of sp³-hybridized carbons (Fsp3) is 0.375. The van der Waals surface area contributed by atoms with Gasteiger partial charge in [0.15, 0.2) is 11.9 Å². The van der Waals surface area contributed by atoms with Crippen molar-refractivity contribution < 1.29 is 19.1 Å². The lowest BCUT2D eigenvalue weighted by atomic mass is 10.2. The van der Waals surface area contributed by atoms with Crippen LogP contribution in [-0.4, -0.2) is 28.5 Å². The maximum Gasteiger partial charge on any atom is 0.331 e. The molecule has 0 aromatic carbocycles. The molecule has 0 fully saturated rings. The minimum atomic E-state index is -0.760. The number of aryl methyl sites for hydroxylation is 2. The average Bonchev–Trinajstić information content (AvgIpc) is 2.80. The number of carbonyl (C=O) groups is 2. The van der Waals surface area contributed by atoms with Crippen LogP contribution in [0.3, 0.4) is 0 Å². The van der Waals surface area contributed by atoms with E-state index >= 15 is 0 Å². The maximum absolute atomic E-state index is 12.2. The summed E-state index contributed by atoms with van der Waals surface area (Å²) < 4.78 is 9.81. The van der Waals surface area contributed by atoms with Crippen molar-refractivity contribution in [3.05, 3.63) is 38.8 Å². The average molecular weight is 350 g/mol. The first-order valence-corrected chi connectivity index (χ1v) is 8.20. The van der Waals surface area contributed by atoms with Crippen LogP contribution in [0.4, 0.5) is 0 Å². The van der Waals surface area contributed by atoms with Crippen LogP contribution in [0.2, 0.25) is 0 Å². The van der Waals surface area contributed by atoms with Crippen LogP contribution < -0.4 is 5.56 Å². The molecule has 2 rings (SSSR count). The van der Waals surface area contributed by atoms with Gasteiger partial charge < -0.3 is 14.5 Å². The Morgan fingerprint density at radius 3 is 2.62 bits per heavy atom. The Balaban J connectivity index is 2.17. The van der Waals surface area contributed by atoms with E-state index in [1.54, 1.807) is 13.8 Å². The van der Waals surface area contributed by atoms with Gasteiger partial charge in [0, 0.05) is 17.0 Å². The molecule has 128 valence electrons. The topological polar surface area (TPSA) is 98.3 Å². The lowest BCUT2D eigenvalue weighted by molar-refractivity contribution is -0.144. The molecule has 1 N–H and O–H groups in total. The molecular formula is C16H18N2O5S. The number of fused-ring (bicyclic) bond motifs is 1. The zero-order chi connectivity index (χ0) is 17.9. The molecule has 7 nitrogen and oxygen atoms in total. The summed E-state index contributed by atoms with van der Waals surface area (Å²) in [6.07, 6.45) is 1.21. The number of aromatic nitrogens is 2. The number of thiophene rings is 1. The third kappa shape index (κ3) is 3.88. The summed E-state index contributed by atoms with van der Waals surface area (Å²) in [7, 11) is 0. The maximum atomic E-state index is 12.2. The second-order valence-electron chi connectivity index (χ2n) is 5.08. The number of nitrogens with one attached hydrogen (secondary N) is 1. The highest BCUT2D eigenvalue weighted by molar-refractivity contribution is 7.18. The highest BCUT2D eigenvalue weighted by Crippen LogP contribution is 2.26. The number of hydrogen-bond acceptors (Lipinski definition) is 7. The molecule has 0 saturated heterocycles. The summed E-state index contributed by atoms with van der Waals surface area (Å²) in [5.41, 5.74) is 0.638. The van der Waals surface area contributed by atoms with Crippen molar-refractivity contribution in [2.45, 2.75) is 33.8 Å². The smallest absolute Gasteiger partial charge is 0.331 e. The van der Waals surface area contributed by atoms with Crippen molar-refractivity contribution >= 4 is 33.5 Å². The van der Waals surface area contributed by atoms with Gasteiger partial charge in [-0.3, -0.25) is 4.79 Å². The molecule has 1 atom stereocenters. The first-order valence-electron chi connectivity index (χ1n) is 7.38. The molecule has 24 heavy (non-hydrogen) atoms. The van der Waals surface area contributed by atoms with Gasteiger partial charge in [-0.05, 0) is 33.3 Å². The van der Waals surface area contributed by atoms with Crippen molar-refractivity contribution in [2.24, 2.45) is 0 Å². The number of rotatable bonds is 5. The minimum absolute atomic E-state index is 0.222. The molecule has 8 heteroatoms. The molecule has 2 aromatic heterocycles. The van der Waals surface area contributed by atoms with Crippen molar-refractivity contribution in [1.82, 2.24) is 9.97 Å². The van der Waals surface area contributed by atoms with Gasteiger partial charge in [0.2, 0.25) is 0 Å². The zero-order valence-electron chi connectivity index (χ0n) is 13.8. The molecule has 0 amide bonds. The second kappa shape index (κ2) is 7.39. The molecule has 0 bridgehead atoms. The lowest BCUT2D eigenvalue weighted by Gasteiger charge is -2.10. The summed E-state index contributed by atoms with van der Waals surface area (Å²) in [6, 6.07) is 0. The van der Waals surface area contributed by atoms with Crippen LogP contribution in [-0.2, 0) is 19.1 Å². The number of ether oxygens (including phenoxy) is 2. The Labute approximate surface area is 142 Å². The van der Waals surface area contributed by atoms with E-state index in [9.17, 15) is 14.4 Å². The van der Waals surface area contributed by atoms with E-state index < -0.39 is 18.0 Å². The number of H-pyrrole nitrogens is 1. The van der Waals surface area contributed by atoms with Gasteiger partial charge in [0.25, 0.3) is 5.56 Å². The summed E-state index contributed by atoms with van der Waals surface area (Å²) in [5, 5.41) is 0.557. The molecule has 0 unspecified atom stereocenters. The Morgan fingerprint density at radius 2 is 1.96 bits per heavy atom. The van der Waals surface area contributed by atoms with Crippen LogP contribution in [0.15, 0.2) is 16.9 Å². The molecule has 0 aliphatic rings. The number of nitrogens with zero attached hydrogens (tertiary/aromatic N) is 1. The monoisotopic (exact) mass is 350 g/mol. The van der Waals surface area contributed by atoms with Crippen molar-refractivity contribution in [2.75, 3.05) is 6.61 Å². The van der Waals surface area contributed by atoms with E-state index in [2.05, 4.69) is 14.7 Å². The standard InChI is InChI=1S/C16H18N2O5S/c1-5-22-11(19)6-7-12(20)23-9(3)14-17-15(21)13-8(2)10(4)24-16(13)18-14/h6-7,9H,5H2,1-4H3,(H,17,18,21)/b7-6+/t9-/m1/s1. The van der Waals surface area contributed by atoms with Gasteiger partial charge in [-0.15, -0.1) is 11.3 Å². The number of aromatic amines is 1. The fourth-order valence-corrected chi connectivity index (χ4v) is 3.10. The van der Waals surface area contributed by atoms with Gasteiger partial charge >= 0.3 is 11.9 Å². The van der Waals surface area contributed by atoms with Crippen LogP contribution in [0.25, 0.3) is 10.2 Å². The van der Waals surface area contributed by atoms with Gasteiger partial charge in [-0.25, -0.2) is 14.6 Å². The van der Waals surface area contributed by atoms with Crippen LogP contribution in [0, 0.1) is 13.8 Å². The fourth-order valence-electron chi connectivity index (χ4n) is 2.06. The Morgan fingerprint density at radius 1 is 1.29 bits per heavy atom. The van der Waals surface area contributed by atoms with Gasteiger partial charge in [-0.2, -0.15) is 0 Å². The zero-order valence-corrected chi connectivity index (χ0v) is 14.7. The second-order valence-corrected chi connectivity index (χ2v) is 6.28. The van der Waals surface area contributed by atoms with Crippen LogP contribution in [0.1, 0.15) is 36.2 Å². The predicted molar refractivity (Wildman–Crippen MR) is 90.0 cm³/mol. The molecule has 2 heterocycles. The van der Waals surface area contributed by atoms with Gasteiger partial charge in [-0.1, -0.05) is 0 Å². The van der Waals surface area contributed by atoms with E-state index in [0.29, 0.717) is 10.2 Å². The highest BCUT2D eigenvalue weighted by atomic mass is 32.1. The van der Waals surface area contributed by atoms with Gasteiger partial charge in [0.1, 0.15) is 4.83 Å². The number of hydrogen-bond donors (Lipinski definition) is 1. The summed E-state index contributed by atoms with van der Waals surface area (Å²) >= 11 is 1.42. The van der Waals surface area contributed by atoms with E-state index in [-0.39, 0.29) is 18.0 Å². The van der Waals surface area contributed by atoms with Crippen molar-refractivity contribution in [1.29, 1.82) is 0 Å². The molecule has 0 aliphatic heterocycles. The number of esters is 2. The molecular weight excluding hydrogens is 332 g/mol. The SMILES string of the molecule is CCOC(=O)/C=C/C(=O)O[C@H](C)c1nc2sc(C)c(C)c2c(=O)[nH]1. The molecule has 0 spiro atoms. The van der Waals surface area contributed by atoms with Crippen molar-refractivity contribution in [3.63, 3.8) is 0 Å². The van der Waals surface area contributed by atoms with E-state index in [1.165, 1.54) is 11.3 Å². The lowest BCUT2D eigenvalue weighted by Crippen LogP contribution is -2.16. The van der Waals surface area contributed by atoms with E-state index in [0.717, 1.165) is 22.6 Å². The number of carbonyl (C=O) groups excluding carboxylic acids is 2. The van der Waals surface area contributed by atoms with E-state index in [4.69, 9.17) is 4.74 Å². The first-order chi connectivity index (χ1) is 11.3. The molecule has 2 aromatic rings. The van der Waals surface area contributed by atoms with Crippen molar-refractivity contribution in [3.8, 4) is 0 Å². The quantitative estimate of drug-likeness (QED) is 0.656. The Hall–Kier alpha value is -2.48. The van der Waals surface area contributed by atoms with Gasteiger partial charge in [0.05, 0.1) is 12.0 Å². The normalized spacial score (nSPS) is 12.5. The first kappa shape index (κ1) is 17.9.